The maximum Gasteiger partial charge on any atom is 0.524 e. The summed E-state index contributed by atoms with van der Waals surface area (Å²) in [5.74, 6) is -0.114. The highest BCUT2D eigenvalue weighted by Crippen LogP contribution is 2.70. The van der Waals surface area contributed by atoms with Gasteiger partial charge < -0.3 is 5.11 Å². The number of rotatable bonds is 5. The number of aromatic hydroxyl groups is 1. The molecule has 4 nitrogen and oxygen atoms in total. The van der Waals surface area contributed by atoms with E-state index in [1.807, 2.05) is 0 Å². The molecule has 3 aromatic rings. The minimum atomic E-state index is -5.94. The molecule has 0 radical (unpaired) electrons. The third kappa shape index (κ3) is 3.73. The van der Waals surface area contributed by atoms with Crippen molar-refractivity contribution in [3.63, 3.8) is 0 Å². The Hall–Kier alpha value is -2.49. The van der Waals surface area contributed by atoms with Gasteiger partial charge in [0, 0.05) is 14.7 Å². The van der Waals surface area contributed by atoms with Gasteiger partial charge in [0.25, 0.3) is 0 Å². The van der Waals surface area contributed by atoms with Gasteiger partial charge in [-0.05, 0) is 58.8 Å². The Kier molecular flexibility index (Phi) is 5.42. The molecule has 0 aliphatic heterocycles. The van der Waals surface area contributed by atoms with Gasteiger partial charge in [-0.1, -0.05) is 36.4 Å². The van der Waals surface area contributed by atoms with Crippen LogP contribution in [0.25, 0.3) is 0 Å². The first-order chi connectivity index (χ1) is 13.2. The summed E-state index contributed by atoms with van der Waals surface area (Å²) in [6, 6.07) is 21.0. The summed E-state index contributed by atoms with van der Waals surface area (Å²) >= 11 is 0. The van der Waals surface area contributed by atoms with Crippen LogP contribution in [0.3, 0.4) is 0 Å². The van der Waals surface area contributed by atoms with Crippen molar-refractivity contribution in [1.82, 2.24) is 0 Å². The molecule has 0 aromatic heterocycles. The summed E-state index contributed by atoms with van der Waals surface area (Å²) in [6.45, 7) is 0. The van der Waals surface area contributed by atoms with Crippen LogP contribution in [0, 0.1) is 0 Å². The van der Waals surface area contributed by atoms with Crippen molar-refractivity contribution in [2.75, 3.05) is 0 Å². The summed E-state index contributed by atoms with van der Waals surface area (Å²) in [7, 11) is -9.24. The third-order valence-corrected chi connectivity index (χ3v) is 8.70. The quantitative estimate of drug-likeness (QED) is 0.549. The number of hydrogen-bond donors (Lipinski definition) is 1. The van der Waals surface area contributed by atoms with Gasteiger partial charge in [-0.2, -0.15) is 25.2 Å². The predicted octanol–water partition coefficient (Wildman–Crippen LogP) is 5.46. The molecule has 0 aliphatic rings. The van der Waals surface area contributed by atoms with E-state index in [1.165, 1.54) is 48.5 Å². The van der Waals surface area contributed by atoms with Gasteiger partial charge in [0.15, 0.2) is 0 Å². The van der Waals surface area contributed by atoms with Crippen molar-refractivity contribution in [2.24, 2.45) is 0 Å². The van der Waals surface area contributed by atoms with Crippen LogP contribution in [-0.2, 0) is 13.7 Å². The molecule has 0 unspecified atom stereocenters. The average molecular weight is 428 g/mol. The number of alkyl halides is 3. The number of phenolic OH excluding ortho intramolecular Hbond substituents is 1. The van der Waals surface area contributed by atoms with Crippen LogP contribution >= 0.6 is 10.3 Å². The van der Waals surface area contributed by atoms with Crippen LogP contribution in [0.4, 0.5) is 13.2 Å². The van der Waals surface area contributed by atoms with E-state index in [-0.39, 0.29) is 20.4 Å². The Morgan fingerprint density at radius 3 is 1.46 bits per heavy atom. The number of benzene rings is 3. The Morgan fingerprint density at radius 1 is 0.679 bits per heavy atom. The normalized spacial score (nSPS) is 13.2. The number of halogens is 3. The van der Waals surface area contributed by atoms with E-state index in [4.69, 9.17) is 3.63 Å². The van der Waals surface area contributed by atoms with Gasteiger partial charge in [0.1, 0.15) is 5.75 Å². The van der Waals surface area contributed by atoms with E-state index < -0.39 is 25.9 Å². The first-order valence-corrected chi connectivity index (χ1v) is 10.9. The Labute approximate surface area is 161 Å². The van der Waals surface area contributed by atoms with Gasteiger partial charge in [-0.3, -0.25) is 0 Å². The maximum atomic E-state index is 13.2. The zero-order valence-electron chi connectivity index (χ0n) is 14.2. The van der Waals surface area contributed by atoms with E-state index in [1.54, 1.807) is 36.4 Å². The first-order valence-electron chi connectivity index (χ1n) is 7.92. The molecule has 28 heavy (non-hydrogen) atoms. The van der Waals surface area contributed by atoms with Crippen molar-refractivity contribution in [3.8, 4) is 5.75 Å². The van der Waals surface area contributed by atoms with Gasteiger partial charge in [-0.15, -0.1) is 0 Å². The number of phenols is 1. The van der Waals surface area contributed by atoms with E-state index in [9.17, 15) is 26.7 Å². The molecule has 148 valence electrons. The van der Waals surface area contributed by atoms with Crippen LogP contribution in [0.15, 0.2) is 99.6 Å². The molecule has 0 amide bonds. The van der Waals surface area contributed by atoms with Crippen LogP contribution in [0.2, 0.25) is 0 Å². The molecule has 9 heteroatoms. The van der Waals surface area contributed by atoms with Crippen LogP contribution < -0.4 is 0 Å². The highest BCUT2D eigenvalue weighted by atomic mass is 32.3. The van der Waals surface area contributed by atoms with E-state index >= 15 is 0 Å². The second-order valence-corrected chi connectivity index (χ2v) is 10.1. The largest absolute Gasteiger partial charge is 0.524 e. The SMILES string of the molecule is O=S(=O)(OS(c1ccccc1)(c1ccccc1)c1ccc(O)cc1)C(F)(F)F. The Balaban J connectivity index is 2.38. The van der Waals surface area contributed by atoms with Gasteiger partial charge in [0.2, 0.25) is 0 Å². The van der Waals surface area contributed by atoms with Crippen molar-refractivity contribution < 1.29 is 30.3 Å². The van der Waals surface area contributed by atoms with Crippen LogP contribution in [-0.4, -0.2) is 19.0 Å². The summed E-state index contributed by atoms with van der Waals surface area (Å²) in [4.78, 5) is 0.718. The summed E-state index contributed by atoms with van der Waals surface area (Å²) < 4.78 is 68.9. The molecule has 0 bridgehead atoms. The molecule has 0 atom stereocenters. The smallest absolute Gasteiger partial charge is 0.508 e. The molecule has 0 fully saturated rings. The Bertz CT molecular complexity index is 997. The molecule has 1 N–H and O–H groups in total. The lowest BCUT2D eigenvalue weighted by Gasteiger charge is -2.39. The average Bonchev–Trinajstić information content (AvgIpc) is 2.67. The summed E-state index contributed by atoms with van der Waals surface area (Å²) in [5, 5.41) is 9.60. The lowest BCUT2D eigenvalue weighted by molar-refractivity contribution is -0.0496. The van der Waals surface area contributed by atoms with Crippen molar-refractivity contribution in [2.45, 2.75) is 20.2 Å². The minimum Gasteiger partial charge on any atom is -0.508 e. The Morgan fingerprint density at radius 2 is 1.07 bits per heavy atom. The highest BCUT2D eigenvalue weighted by Gasteiger charge is 2.52. The zero-order valence-corrected chi connectivity index (χ0v) is 15.8. The number of hydrogen-bond acceptors (Lipinski definition) is 4. The van der Waals surface area contributed by atoms with E-state index in [0.29, 0.717) is 0 Å². The fraction of sp³-hybridized carbons (Fsp3) is 0.0526. The van der Waals surface area contributed by atoms with Gasteiger partial charge in [-0.25, -0.2) is 0 Å². The molecule has 0 spiro atoms. The highest BCUT2D eigenvalue weighted by molar-refractivity contribution is 8.33. The molecular formula is C19H15F3O4S2. The minimum absolute atomic E-state index is 0.114. The van der Waals surface area contributed by atoms with Gasteiger partial charge in [0.05, 0.1) is 0 Å². The second-order valence-electron chi connectivity index (χ2n) is 5.64. The molecule has 0 saturated carbocycles. The zero-order chi connectivity index (χ0) is 20.4. The maximum absolute atomic E-state index is 13.2. The molecule has 0 aliphatic carbocycles. The molecule has 0 heterocycles. The van der Waals surface area contributed by atoms with Crippen LogP contribution in [0.1, 0.15) is 0 Å². The van der Waals surface area contributed by atoms with Crippen LogP contribution in [0.5, 0.6) is 5.75 Å². The summed E-state index contributed by atoms with van der Waals surface area (Å²) in [5.41, 5.74) is -5.59. The molecular weight excluding hydrogens is 413 g/mol. The molecule has 0 saturated heterocycles. The monoisotopic (exact) mass is 428 g/mol. The molecule has 3 aromatic carbocycles. The summed E-state index contributed by atoms with van der Waals surface area (Å²) in [6.07, 6.45) is 0. The topological polar surface area (TPSA) is 63.6 Å². The fourth-order valence-electron chi connectivity index (χ4n) is 2.56. The second kappa shape index (κ2) is 7.50. The molecule has 3 rings (SSSR count). The lowest BCUT2D eigenvalue weighted by atomic mass is 10.3. The van der Waals surface area contributed by atoms with E-state index in [2.05, 4.69) is 0 Å². The third-order valence-electron chi connectivity index (χ3n) is 3.79. The first kappa shape index (κ1) is 20.2. The van der Waals surface area contributed by atoms with Gasteiger partial charge >= 0.3 is 15.6 Å². The van der Waals surface area contributed by atoms with Crippen molar-refractivity contribution in [3.05, 3.63) is 84.9 Å². The van der Waals surface area contributed by atoms with Crippen molar-refractivity contribution >= 4 is 20.4 Å². The van der Waals surface area contributed by atoms with E-state index in [0.717, 1.165) is 0 Å². The van der Waals surface area contributed by atoms with Crippen molar-refractivity contribution in [1.29, 1.82) is 0 Å². The lowest BCUT2D eigenvalue weighted by Crippen LogP contribution is -2.27. The predicted molar refractivity (Wildman–Crippen MR) is 99.4 cm³/mol. The standard InChI is InChI=1S/C19H15F3O4S2/c20-19(21,22)28(24,25)26-27(16-7-3-1-4-8-16,17-9-5-2-6-10-17)18-13-11-15(23)12-14-18/h1-14,23H. The fourth-order valence-corrected chi connectivity index (χ4v) is 7.30.